The molecule has 0 unspecified atom stereocenters. The highest BCUT2D eigenvalue weighted by Gasteiger charge is 2.28. The van der Waals surface area contributed by atoms with Crippen molar-refractivity contribution in [3.63, 3.8) is 0 Å². The minimum absolute atomic E-state index is 0.0629. The number of hydrogen-bond donors (Lipinski definition) is 1. The first-order chi connectivity index (χ1) is 12.9. The maximum Gasteiger partial charge on any atom is 0.410 e. The molecule has 0 heterocycles. The fourth-order valence-electron chi connectivity index (χ4n) is 2.42. The number of carboxylic acids is 1. The summed E-state index contributed by atoms with van der Waals surface area (Å²) >= 11 is 0. The minimum Gasteiger partial charge on any atom is -0.480 e. The van der Waals surface area contributed by atoms with Crippen LogP contribution in [0.25, 0.3) is 0 Å². The second-order valence-electron chi connectivity index (χ2n) is 5.95. The van der Waals surface area contributed by atoms with Crippen molar-refractivity contribution in [1.82, 2.24) is 4.90 Å². The van der Waals surface area contributed by atoms with E-state index >= 15 is 0 Å². The third-order valence-corrected chi connectivity index (χ3v) is 3.86. The van der Waals surface area contributed by atoms with Crippen LogP contribution in [0.1, 0.15) is 18.1 Å². The summed E-state index contributed by atoms with van der Waals surface area (Å²) in [5, 5.41) is 9.49. The quantitative estimate of drug-likeness (QED) is 0.594. The normalized spacial score (nSPS) is 11.3. The highest BCUT2D eigenvalue weighted by molar-refractivity contribution is 5.80. The Balaban J connectivity index is 1.99. The molecule has 2 aromatic rings. The van der Waals surface area contributed by atoms with Crippen LogP contribution >= 0.6 is 0 Å². The lowest BCUT2D eigenvalue weighted by atomic mass is 10.1. The van der Waals surface area contributed by atoms with Gasteiger partial charge >= 0.3 is 18.0 Å². The number of carboxylic acid groups (broad SMARTS) is 1. The first-order valence-corrected chi connectivity index (χ1v) is 8.30. The smallest absolute Gasteiger partial charge is 0.410 e. The van der Waals surface area contributed by atoms with Crippen LogP contribution in [0, 0.1) is 0 Å². The fourth-order valence-corrected chi connectivity index (χ4v) is 2.42. The van der Waals surface area contributed by atoms with E-state index in [4.69, 9.17) is 9.47 Å². The standard InChI is InChI=1S/C20H21NO6/c1-14(22)27-17-10-8-15(9-11-17)12-18(19(23)24)21(2)20(25)26-13-16-6-4-3-5-7-16/h3-11,18H,12-13H2,1-2H3,(H,23,24)/t18-/m1/s1. The summed E-state index contributed by atoms with van der Waals surface area (Å²) in [6.07, 6.45) is -0.630. The number of esters is 1. The number of carbonyl (C=O) groups excluding carboxylic acids is 2. The minimum atomic E-state index is -1.14. The van der Waals surface area contributed by atoms with Crippen LogP contribution in [0.15, 0.2) is 54.6 Å². The van der Waals surface area contributed by atoms with Gasteiger partial charge in [0.25, 0.3) is 0 Å². The molecule has 0 radical (unpaired) electrons. The van der Waals surface area contributed by atoms with Crippen LogP contribution in [0.2, 0.25) is 0 Å². The van der Waals surface area contributed by atoms with Crippen molar-refractivity contribution in [2.45, 2.75) is 26.0 Å². The largest absolute Gasteiger partial charge is 0.480 e. The van der Waals surface area contributed by atoms with Gasteiger partial charge in [0.1, 0.15) is 18.4 Å². The Kier molecular flexibility index (Phi) is 6.93. The summed E-state index contributed by atoms with van der Waals surface area (Å²) in [5.41, 5.74) is 1.49. The number of amides is 1. The Morgan fingerprint density at radius 3 is 2.19 bits per heavy atom. The fraction of sp³-hybridized carbons (Fsp3) is 0.250. The van der Waals surface area contributed by atoms with Crippen LogP contribution in [0.3, 0.4) is 0 Å². The molecule has 0 aliphatic rings. The number of carbonyl (C=O) groups is 3. The second-order valence-corrected chi connectivity index (χ2v) is 5.95. The Bertz CT molecular complexity index is 788. The Morgan fingerprint density at radius 1 is 1.00 bits per heavy atom. The van der Waals surface area contributed by atoms with E-state index in [9.17, 15) is 19.5 Å². The van der Waals surface area contributed by atoms with Gasteiger partial charge in [-0.1, -0.05) is 42.5 Å². The second kappa shape index (κ2) is 9.38. The SMILES string of the molecule is CC(=O)Oc1ccc(C[C@H](C(=O)O)N(C)C(=O)OCc2ccccc2)cc1. The lowest BCUT2D eigenvalue weighted by Crippen LogP contribution is -2.44. The van der Waals surface area contributed by atoms with Gasteiger partial charge in [-0.3, -0.25) is 9.69 Å². The summed E-state index contributed by atoms with van der Waals surface area (Å²) < 4.78 is 10.1. The zero-order valence-electron chi connectivity index (χ0n) is 15.1. The van der Waals surface area contributed by atoms with E-state index in [2.05, 4.69) is 0 Å². The van der Waals surface area contributed by atoms with E-state index in [0.717, 1.165) is 10.5 Å². The monoisotopic (exact) mass is 371 g/mol. The third-order valence-electron chi connectivity index (χ3n) is 3.86. The molecule has 0 aliphatic heterocycles. The van der Waals surface area contributed by atoms with E-state index < -0.39 is 24.1 Å². The molecule has 7 nitrogen and oxygen atoms in total. The molecule has 1 atom stereocenters. The number of aliphatic carboxylic acids is 1. The Morgan fingerprint density at radius 2 is 1.63 bits per heavy atom. The molecule has 0 fully saturated rings. The molecular weight excluding hydrogens is 350 g/mol. The van der Waals surface area contributed by atoms with Crippen LogP contribution in [-0.4, -0.2) is 41.1 Å². The molecule has 27 heavy (non-hydrogen) atoms. The maximum absolute atomic E-state index is 12.2. The molecule has 0 bridgehead atoms. The molecule has 0 saturated heterocycles. The Labute approximate surface area is 157 Å². The summed E-state index contributed by atoms with van der Waals surface area (Å²) in [7, 11) is 1.39. The van der Waals surface area contributed by atoms with E-state index in [0.29, 0.717) is 11.3 Å². The zero-order valence-corrected chi connectivity index (χ0v) is 15.1. The molecule has 142 valence electrons. The van der Waals surface area contributed by atoms with Crippen molar-refractivity contribution < 1.29 is 29.0 Å². The predicted octanol–water partition coefficient (Wildman–Crippen LogP) is 2.88. The number of nitrogens with zero attached hydrogens (tertiary/aromatic N) is 1. The number of rotatable bonds is 7. The van der Waals surface area contributed by atoms with E-state index in [1.807, 2.05) is 30.3 Å². The molecule has 7 heteroatoms. The number of ether oxygens (including phenoxy) is 2. The average Bonchev–Trinajstić information content (AvgIpc) is 2.65. The van der Waals surface area contributed by atoms with Crippen molar-refractivity contribution in [1.29, 1.82) is 0 Å². The number of hydrogen-bond acceptors (Lipinski definition) is 5. The van der Waals surface area contributed by atoms with Crippen molar-refractivity contribution >= 4 is 18.0 Å². The van der Waals surface area contributed by atoms with Crippen molar-refractivity contribution in [2.75, 3.05) is 7.05 Å². The molecule has 1 amide bonds. The predicted molar refractivity (Wildman–Crippen MR) is 97.3 cm³/mol. The number of likely N-dealkylation sites (N-methyl/N-ethyl adjacent to an activating group) is 1. The van der Waals surface area contributed by atoms with E-state index in [-0.39, 0.29) is 13.0 Å². The van der Waals surface area contributed by atoms with Crippen LogP contribution < -0.4 is 4.74 Å². The van der Waals surface area contributed by atoms with Gasteiger partial charge in [0, 0.05) is 20.4 Å². The van der Waals surface area contributed by atoms with Crippen molar-refractivity contribution in [2.24, 2.45) is 0 Å². The van der Waals surface area contributed by atoms with Crippen LogP contribution in [-0.2, 0) is 27.4 Å². The molecule has 0 spiro atoms. The first-order valence-electron chi connectivity index (χ1n) is 8.30. The average molecular weight is 371 g/mol. The van der Waals surface area contributed by atoms with Gasteiger partial charge < -0.3 is 14.6 Å². The topological polar surface area (TPSA) is 93.1 Å². The van der Waals surface area contributed by atoms with Gasteiger partial charge in [-0.15, -0.1) is 0 Å². The molecule has 0 saturated carbocycles. The van der Waals surface area contributed by atoms with Crippen LogP contribution in [0.5, 0.6) is 5.75 Å². The molecule has 0 aromatic heterocycles. The van der Waals surface area contributed by atoms with Crippen molar-refractivity contribution in [3.05, 3.63) is 65.7 Å². The summed E-state index contributed by atoms with van der Waals surface area (Å²) in [6, 6.07) is 14.5. The molecular formula is C20H21NO6. The number of benzene rings is 2. The molecule has 2 aromatic carbocycles. The molecule has 2 rings (SSSR count). The van der Waals surface area contributed by atoms with Gasteiger partial charge in [-0.25, -0.2) is 9.59 Å². The zero-order chi connectivity index (χ0) is 19.8. The van der Waals surface area contributed by atoms with Gasteiger partial charge in [0.05, 0.1) is 0 Å². The first kappa shape index (κ1) is 20.0. The highest BCUT2D eigenvalue weighted by Crippen LogP contribution is 2.16. The highest BCUT2D eigenvalue weighted by atomic mass is 16.6. The summed E-state index contributed by atoms with van der Waals surface area (Å²) in [5.74, 6) is -1.21. The van der Waals surface area contributed by atoms with Gasteiger partial charge in [0.2, 0.25) is 0 Å². The summed E-state index contributed by atoms with van der Waals surface area (Å²) in [6.45, 7) is 1.36. The van der Waals surface area contributed by atoms with E-state index in [1.54, 1.807) is 24.3 Å². The maximum atomic E-state index is 12.2. The van der Waals surface area contributed by atoms with Crippen LogP contribution in [0.4, 0.5) is 4.79 Å². The molecule has 0 aliphatic carbocycles. The Hall–Kier alpha value is -3.35. The lowest BCUT2D eigenvalue weighted by Gasteiger charge is -2.24. The van der Waals surface area contributed by atoms with Gasteiger partial charge in [-0.05, 0) is 23.3 Å². The van der Waals surface area contributed by atoms with E-state index in [1.165, 1.54) is 14.0 Å². The summed E-state index contributed by atoms with van der Waals surface area (Å²) in [4.78, 5) is 35.8. The van der Waals surface area contributed by atoms with Crippen molar-refractivity contribution in [3.8, 4) is 5.75 Å². The third kappa shape index (κ3) is 6.14. The lowest BCUT2D eigenvalue weighted by molar-refractivity contribution is -0.142. The molecule has 1 N–H and O–H groups in total. The van der Waals surface area contributed by atoms with Gasteiger partial charge in [0.15, 0.2) is 0 Å². The van der Waals surface area contributed by atoms with Gasteiger partial charge in [-0.2, -0.15) is 0 Å².